The maximum atomic E-state index is 12.0. The number of carboxylic acid groups (broad SMARTS) is 1. The van der Waals surface area contributed by atoms with Crippen LogP contribution < -0.4 is 14.9 Å². The van der Waals surface area contributed by atoms with E-state index in [1.165, 1.54) is 13.3 Å². The van der Waals surface area contributed by atoms with Gasteiger partial charge in [0.05, 0.1) is 17.8 Å². The summed E-state index contributed by atoms with van der Waals surface area (Å²) in [7, 11) is 1.44. The molecule has 0 saturated heterocycles. The zero-order valence-electron chi connectivity index (χ0n) is 13.5. The lowest BCUT2D eigenvalue weighted by Crippen LogP contribution is -2.17. The molecule has 0 radical (unpaired) electrons. The van der Waals surface area contributed by atoms with Crippen LogP contribution in [0.15, 0.2) is 46.0 Å². The Balaban J connectivity index is 2.09. The summed E-state index contributed by atoms with van der Waals surface area (Å²) >= 11 is 5.46. The summed E-state index contributed by atoms with van der Waals surface area (Å²) in [6, 6.07) is 10.4. The van der Waals surface area contributed by atoms with Gasteiger partial charge in [-0.25, -0.2) is 10.2 Å². The van der Waals surface area contributed by atoms with Gasteiger partial charge in [-0.05, 0) is 80.5 Å². The number of hydrazone groups is 1. The highest BCUT2D eigenvalue weighted by Crippen LogP contribution is 2.36. The van der Waals surface area contributed by atoms with Gasteiger partial charge in [-0.15, -0.1) is 0 Å². The molecule has 9 heteroatoms. The van der Waals surface area contributed by atoms with E-state index in [0.717, 1.165) is 3.57 Å². The number of amides is 1. The fourth-order valence-corrected chi connectivity index (χ4v) is 2.85. The fourth-order valence-electron chi connectivity index (χ4n) is 1.92. The van der Waals surface area contributed by atoms with Crippen LogP contribution in [0.2, 0.25) is 0 Å². The van der Waals surface area contributed by atoms with Gasteiger partial charge in [-0.1, -0.05) is 0 Å². The minimum atomic E-state index is -1.09. The summed E-state index contributed by atoms with van der Waals surface area (Å²) in [6.07, 6.45) is 1.44. The van der Waals surface area contributed by atoms with Gasteiger partial charge in [0.25, 0.3) is 5.91 Å². The topological polar surface area (TPSA) is 97.2 Å². The van der Waals surface area contributed by atoms with Gasteiger partial charge < -0.3 is 14.6 Å². The van der Waals surface area contributed by atoms with E-state index in [1.54, 1.807) is 24.3 Å². The number of benzene rings is 2. The minimum Gasteiger partial charge on any atom is -0.493 e. The molecule has 0 aliphatic heterocycles. The van der Waals surface area contributed by atoms with Crippen LogP contribution in [0.5, 0.6) is 11.5 Å². The Kier molecular flexibility index (Phi) is 7.39. The van der Waals surface area contributed by atoms with Gasteiger partial charge in [-0.2, -0.15) is 5.10 Å². The summed E-state index contributed by atoms with van der Waals surface area (Å²) in [6.45, 7) is -0.492. The summed E-state index contributed by atoms with van der Waals surface area (Å²) < 4.78 is 11.9. The molecule has 2 aromatic carbocycles. The molecule has 0 heterocycles. The lowest BCUT2D eigenvalue weighted by molar-refractivity contribution is -0.139. The molecule has 0 bridgehead atoms. The molecule has 0 fully saturated rings. The number of ether oxygens (including phenoxy) is 2. The Hall–Kier alpha value is -2.14. The van der Waals surface area contributed by atoms with Crippen LogP contribution >= 0.6 is 38.5 Å². The van der Waals surface area contributed by atoms with E-state index in [2.05, 4.69) is 49.0 Å². The molecule has 0 aliphatic carbocycles. The van der Waals surface area contributed by atoms with Crippen molar-refractivity contribution in [2.45, 2.75) is 0 Å². The average molecular weight is 533 g/mol. The maximum Gasteiger partial charge on any atom is 0.341 e. The number of rotatable bonds is 7. The van der Waals surface area contributed by atoms with E-state index in [1.807, 2.05) is 12.1 Å². The van der Waals surface area contributed by atoms with Crippen molar-refractivity contribution in [1.82, 2.24) is 5.43 Å². The van der Waals surface area contributed by atoms with Crippen molar-refractivity contribution >= 4 is 56.6 Å². The number of methoxy groups -OCH3 is 1. The SMILES string of the molecule is COc1cc(/C=N\NC(=O)c2ccc(I)cc2)cc(Br)c1OCC(=O)O. The van der Waals surface area contributed by atoms with Crippen molar-refractivity contribution in [2.24, 2.45) is 5.10 Å². The highest BCUT2D eigenvalue weighted by atomic mass is 127. The predicted molar refractivity (Wildman–Crippen MR) is 108 cm³/mol. The molecule has 7 nitrogen and oxygen atoms in total. The molecule has 2 aromatic rings. The lowest BCUT2D eigenvalue weighted by atomic mass is 10.2. The van der Waals surface area contributed by atoms with E-state index in [0.29, 0.717) is 21.3 Å². The van der Waals surface area contributed by atoms with E-state index < -0.39 is 12.6 Å². The minimum absolute atomic E-state index is 0.273. The lowest BCUT2D eigenvalue weighted by Gasteiger charge is -2.12. The van der Waals surface area contributed by atoms with Gasteiger partial charge in [0.15, 0.2) is 18.1 Å². The van der Waals surface area contributed by atoms with E-state index in [4.69, 9.17) is 14.6 Å². The summed E-state index contributed by atoms with van der Waals surface area (Å²) in [5.74, 6) is -0.811. The van der Waals surface area contributed by atoms with Crippen molar-refractivity contribution in [3.63, 3.8) is 0 Å². The van der Waals surface area contributed by atoms with Gasteiger partial charge in [0.2, 0.25) is 0 Å². The van der Waals surface area contributed by atoms with Crippen LogP contribution in [-0.2, 0) is 4.79 Å². The summed E-state index contributed by atoms with van der Waals surface area (Å²) in [4.78, 5) is 22.7. The third kappa shape index (κ3) is 5.70. The molecule has 2 N–H and O–H groups in total. The summed E-state index contributed by atoms with van der Waals surface area (Å²) in [5.41, 5.74) is 3.56. The van der Waals surface area contributed by atoms with Crippen molar-refractivity contribution in [2.75, 3.05) is 13.7 Å². The molecule has 136 valence electrons. The second-order valence-corrected chi connectivity index (χ2v) is 7.02. The first-order chi connectivity index (χ1) is 12.4. The number of hydrogen-bond acceptors (Lipinski definition) is 5. The molecule has 0 unspecified atom stereocenters. The number of carbonyl (C=O) groups excluding carboxylic acids is 1. The largest absolute Gasteiger partial charge is 0.493 e. The smallest absolute Gasteiger partial charge is 0.341 e. The van der Waals surface area contributed by atoms with Gasteiger partial charge in [0.1, 0.15) is 0 Å². The molecular formula is C17H14BrIN2O5. The van der Waals surface area contributed by atoms with E-state index in [9.17, 15) is 9.59 Å². The van der Waals surface area contributed by atoms with Crippen LogP contribution in [0.25, 0.3) is 0 Å². The van der Waals surface area contributed by atoms with Crippen molar-refractivity contribution < 1.29 is 24.2 Å². The van der Waals surface area contributed by atoms with Gasteiger partial charge >= 0.3 is 5.97 Å². The Labute approximate surface area is 171 Å². The molecule has 2 rings (SSSR count). The Morgan fingerprint density at radius 1 is 1.31 bits per heavy atom. The Morgan fingerprint density at radius 2 is 2.00 bits per heavy atom. The van der Waals surface area contributed by atoms with Gasteiger partial charge in [-0.3, -0.25) is 4.79 Å². The number of carboxylic acids is 1. The van der Waals surface area contributed by atoms with E-state index in [-0.39, 0.29) is 11.7 Å². The predicted octanol–water partition coefficient (Wildman–Crippen LogP) is 3.29. The number of nitrogens with one attached hydrogen (secondary N) is 1. The molecule has 0 saturated carbocycles. The van der Waals surface area contributed by atoms with E-state index >= 15 is 0 Å². The van der Waals surface area contributed by atoms with Crippen LogP contribution in [0.4, 0.5) is 0 Å². The normalized spacial score (nSPS) is 10.6. The van der Waals surface area contributed by atoms with Crippen molar-refractivity contribution in [3.05, 3.63) is 55.6 Å². The third-order valence-corrected chi connectivity index (χ3v) is 4.39. The molecule has 0 atom stereocenters. The number of nitrogens with zero attached hydrogens (tertiary/aromatic N) is 1. The first kappa shape index (κ1) is 20.2. The monoisotopic (exact) mass is 532 g/mol. The second kappa shape index (κ2) is 9.53. The molecular weight excluding hydrogens is 519 g/mol. The van der Waals surface area contributed by atoms with Crippen molar-refractivity contribution in [1.29, 1.82) is 0 Å². The molecule has 26 heavy (non-hydrogen) atoms. The highest BCUT2D eigenvalue weighted by Gasteiger charge is 2.12. The second-order valence-electron chi connectivity index (χ2n) is 4.92. The van der Waals surface area contributed by atoms with Gasteiger partial charge in [0, 0.05) is 9.13 Å². The number of halogens is 2. The quantitative estimate of drug-likeness (QED) is 0.324. The van der Waals surface area contributed by atoms with Crippen molar-refractivity contribution in [3.8, 4) is 11.5 Å². The van der Waals surface area contributed by atoms with Crippen LogP contribution in [0, 0.1) is 3.57 Å². The summed E-state index contributed by atoms with van der Waals surface area (Å²) in [5, 5.41) is 12.6. The standard InChI is InChI=1S/C17H14BrIN2O5/c1-25-14-7-10(6-13(18)16(14)26-9-15(22)23)8-20-21-17(24)11-2-4-12(19)5-3-11/h2-8H,9H2,1H3,(H,21,24)(H,22,23)/b20-8-. The number of carbonyl (C=O) groups is 2. The van der Waals surface area contributed by atoms with Crippen LogP contribution in [0.3, 0.4) is 0 Å². The van der Waals surface area contributed by atoms with Crippen LogP contribution in [0.1, 0.15) is 15.9 Å². The average Bonchev–Trinajstić information content (AvgIpc) is 2.60. The first-order valence-corrected chi connectivity index (χ1v) is 9.09. The maximum absolute atomic E-state index is 12.0. The molecule has 0 aromatic heterocycles. The Morgan fingerprint density at radius 3 is 2.62 bits per heavy atom. The van der Waals surface area contributed by atoms with Crippen LogP contribution in [-0.4, -0.2) is 36.9 Å². The fraction of sp³-hybridized carbons (Fsp3) is 0.118. The number of aliphatic carboxylic acids is 1. The first-order valence-electron chi connectivity index (χ1n) is 7.22. The Bertz CT molecular complexity index is 840. The zero-order valence-corrected chi connectivity index (χ0v) is 17.3. The third-order valence-electron chi connectivity index (χ3n) is 3.08. The molecule has 0 spiro atoms. The molecule has 0 aliphatic rings. The highest BCUT2D eigenvalue weighted by molar-refractivity contribution is 14.1. The molecule has 1 amide bonds. The zero-order chi connectivity index (χ0) is 19.1. The number of hydrogen-bond donors (Lipinski definition) is 2.